The minimum absolute atomic E-state index is 0.0207. The van der Waals surface area contributed by atoms with Crippen molar-refractivity contribution in [1.29, 1.82) is 0 Å². The molecule has 0 aliphatic carbocycles. The van der Waals surface area contributed by atoms with Gasteiger partial charge in [-0.15, -0.1) is 0 Å². The lowest BCUT2D eigenvalue weighted by atomic mass is 10.1. The second-order valence-corrected chi connectivity index (χ2v) is 5.77. The Bertz CT molecular complexity index is 385. The molecule has 0 aromatic rings. The second kappa shape index (κ2) is 13.9. The first kappa shape index (κ1) is 22.5. The molecule has 0 aromatic carbocycles. The second-order valence-electron chi connectivity index (χ2n) is 5.77. The zero-order chi connectivity index (χ0) is 18.4. The third kappa shape index (κ3) is 14.1. The van der Waals surface area contributed by atoms with Crippen LogP contribution in [0.3, 0.4) is 0 Å². The maximum Gasteiger partial charge on any atom is 0.246 e. The Morgan fingerprint density at radius 2 is 1.50 bits per heavy atom. The Balaban J connectivity index is 3.51. The highest BCUT2D eigenvalue weighted by atomic mass is 16.5. The number of nitrogens with one attached hydrogen (secondary N) is 2. The first-order chi connectivity index (χ1) is 11.3. The molecule has 0 unspecified atom stereocenters. The summed E-state index contributed by atoms with van der Waals surface area (Å²) < 4.78 is 15.5. The Morgan fingerprint density at radius 1 is 0.833 bits per heavy atom. The molecule has 2 N–H and O–H groups in total. The summed E-state index contributed by atoms with van der Waals surface area (Å²) in [5.41, 5.74) is 0. The summed E-state index contributed by atoms with van der Waals surface area (Å²) in [6.45, 7) is 8.51. The molecular formula is C16H30N2O6. The van der Waals surface area contributed by atoms with Crippen LogP contribution in [0, 0.1) is 5.92 Å². The van der Waals surface area contributed by atoms with Gasteiger partial charge >= 0.3 is 0 Å². The third-order valence-corrected chi connectivity index (χ3v) is 2.81. The SMILES string of the molecule is CC(C)OCCOCC(=O)NCC(=O)NCCOCC(=O)C(C)C. The molecule has 8 heteroatoms. The van der Waals surface area contributed by atoms with Crippen LogP contribution in [0.5, 0.6) is 0 Å². The van der Waals surface area contributed by atoms with Crippen LogP contribution in [0.25, 0.3) is 0 Å². The fraction of sp³-hybridized carbons (Fsp3) is 0.812. The summed E-state index contributed by atoms with van der Waals surface area (Å²) in [5.74, 6) is -0.736. The number of ether oxygens (including phenoxy) is 3. The average molecular weight is 346 g/mol. The average Bonchev–Trinajstić information content (AvgIpc) is 2.51. The van der Waals surface area contributed by atoms with Crippen molar-refractivity contribution in [2.45, 2.75) is 33.8 Å². The smallest absolute Gasteiger partial charge is 0.246 e. The van der Waals surface area contributed by atoms with Crippen LogP contribution in [0.2, 0.25) is 0 Å². The van der Waals surface area contributed by atoms with Gasteiger partial charge in [-0.2, -0.15) is 0 Å². The van der Waals surface area contributed by atoms with Crippen molar-refractivity contribution in [3.63, 3.8) is 0 Å². The molecule has 0 saturated heterocycles. The molecule has 0 atom stereocenters. The van der Waals surface area contributed by atoms with E-state index in [0.29, 0.717) is 13.2 Å². The highest BCUT2D eigenvalue weighted by molar-refractivity contribution is 5.85. The number of carbonyl (C=O) groups is 3. The fourth-order valence-corrected chi connectivity index (χ4v) is 1.40. The number of rotatable bonds is 14. The Kier molecular flexibility index (Phi) is 13.0. The summed E-state index contributed by atoms with van der Waals surface area (Å²) in [7, 11) is 0. The number of ketones is 1. The lowest BCUT2D eigenvalue weighted by Crippen LogP contribution is -2.39. The first-order valence-electron chi connectivity index (χ1n) is 8.16. The van der Waals surface area contributed by atoms with Gasteiger partial charge < -0.3 is 24.8 Å². The molecule has 2 amide bonds. The molecular weight excluding hydrogens is 316 g/mol. The molecule has 0 aliphatic rings. The Hall–Kier alpha value is -1.51. The van der Waals surface area contributed by atoms with Crippen molar-refractivity contribution in [2.75, 3.05) is 46.1 Å². The van der Waals surface area contributed by atoms with Gasteiger partial charge in [0, 0.05) is 12.5 Å². The third-order valence-electron chi connectivity index (χ3n) is 2.81. The number of hydrogen-bond acceptors (Lipinski definition) is 6. The molecule has 0 saturated carbocycles. The van der Waals surface area contributed by atoms with E-state index in [1.807, 2.05) is 13.8 Å². The van der Waals surface area contributed by atoms with Crippen LogP contribution in [-0.2, 0) is 28.6 Å². The zero-order valence-electron chi connectivity index (χ0n) is 15.1. The van der Waals surface area contributed by atoms with E-state index >= 15 is 0 Å². The number of Topliss-reactive ketones (excluding diaryl/α,β-unsaturated/α-hetero) is 1. The first-order valence-corrected chi connectivity index (χ1v) is 8.16. The van der Waals surface area contributed by atoms with Gasteiger partial charge in [-0.1, -0.05) is 13.8 Å². The minimum Gasteiger partial charge on any atom is -0.376 e. The number of carbonyl (C=O) groups excluding carboxylic acids is 3. The molecule has 0 fully saturated rings. The maximum atomic E-state index is 11.5. The van der Waals surface area contributed by atoms with Crippen LogP contribution in [0.15, 0.2) is 0 Å². The molecule has 0 heterocycles. The van der Waals surface area contributed by atoms with Gasteiger partial charge in [0.2, 0.25) is 11.8 Å². The zero-order valence-corrected chi connectivity index (χ0v) is 15.1. The predicted octanol–water partition coefficient (Wildman–Crippen LogP) is -0.0979. The van der Waals surface area contributed by atoms with Crippen LogP contribution < -0.4 is 10.6 Å². The summed E-state index contributed by atoms with van der Waals surface area (Å²) in [4.78, 5) is 34.2. The Labute approximate surface area is 143 Å². The van der Waals surface area contributed by atoms with E-state index in [1.54, 1.807) is 13.8 Å². The maximum absolute atomic E-state index is 11.5. The molecule has 0 aromatic heterocycles. The van der Waals surface area contributed by atoms with E-state index in [0.717, 1.165) is 0 Å². The minimum atomic E-state index is -0.367. The monoisotopic (exact) mass is 346 g/mol. The van der Waals surface area contributed by atoms with Gasteiger partial charge in [0.05, 0.1) is 32.5 Å². The van der Waals surface area contributed by atoms with Gasteiger partial charge in [0.15, 0.2) is 5.78 Å². The van der Waals surface area contributed by atoms with Gasteiger partial charge in [-0.25, -0.2) is 0 Å². The standard InChI is InChI=1S/C16H30N2O6/c1-12(2)14(19)10-22-6-5-17-15(20)9-18-16(21)11-23-7-8-24-13(3)4/h12-13H,5-11H2,1-4H3,(H,17,20)(H,18,21). The lowest BCUT2D eigenvalue weighted by molar-refractivity contribution is -0.129. The van der Waals surface area contributed by atoms with Crippen LogP contribution in [0.1, 0.15) is 27.7 Å². The van der Waals surface area contributed by atoms with Crippen LogP contribution in [-0.4, -0.2) is 69.8 Å². The van der Waals surface area contributed by atoms with Gasteiger partial charge in [-0.3, -0.25) is 14.4 Å². The summed E-state index contributed by atoms with van der Waals surface area (Å²) in [5, 5.41) is 5.02. The summed E-state index contributed by atoms with van der Waals surface area (Å²) in [6.07, 6.45) is 0.124. The van der Waals surface area contributed by atoms with Gasteiger partial charge in [0.25, 0.3) is 0 Å². The molecule has 0 rings (SSSR count). The van der Waals surface area contributed by atoms with E-state index in [9.17, 15) is 14.4 Å². The molecule has 0 bridgehead atoms. The molecule has 0 radical (unpaired) electrons. The molecule has 8 nitrogen and oxygen atoms in total. The van der Waals surface area contributed by atoms with Crippen molar-refractivity contribution in [2.24, 2.45) is 5.92 Å². The van der Waals surface area contributed by atoms with Crippen molar-refractivity contribution < 1.29 is 28.6 Å². The lowest BCUT2D eigenvalue weighted by Gasteiger charge is -2.09. The van der Waals surface area contributed by atoms with Crippen molar-refractivity contribution >= 4 is 17.6 Å². The van der Waals surface area contributed by atoms with Crippen LogP contribution >= 0.6 is 0 Å². The predicted molar refractivity (Wildman–Crippen MR) is 88.6 cm³/mol. The number of amides is 2. The van der Waals surface area contributed by atoms with Crippen LogP contribution in [0.4, 0.5) is 0 Å². The van der Waals surface area contributed by atoms with E-state index in [2.05, 4.69) is 10.6 Å². The van der Waals surface area contributed by atoms with Gasteiger partial charge in [0.1, 0.15) is 13.2 Å². The highest BCUT2D eigenvalue weighted by Gasteiger charge is 2.08. The van der Waals surface area contributed by atoms with Crippen molar-refractivity contribution in [3.05, 3.63) is 0 Å². The van der Waals surface area contributed by atoms with Crippen molar-refractivity contribution in [3.8, 4) is 0 Å². The summed E-state index contributed by atoms with van der Waals surface area (Å²) >= 11 is 0. The molecule has 24 heavy (non-hydrogen) atoms. The Morgan fingerprint density at radius 3 is 2.12 bits per heavy atom. The fourth-order valence-electron chi connectivity index (χ4n) is 1.40. The number of hydrogen-bond donors (Lipinski definition) is 2. The van der Waals surface area contributed by atoms with E-state index < -0.39 is 0 Å². The van der Waals surface area contributed by atoms with E-state index in [4.69, 9.17) is 14.2 Å². The highest BCUT2D eigenvalue weighted by Crippen LogP contribution is 1.93. The van der Waals surface area contributed by atoms with E-state index in [-0.39, 0.29) is 62.5 Å². The van der Waals surface area contributed by atoms with Gasteiger partial charge in [-0.05, 0) is 13.8 Å². The van der Waals surface area contributed by atoms with E-state index in [1.165, 1.54) is 0 Å². The summed E-state index contributed by atoms with van der Waals surface area (Å²) in [6, 6.07) is 0. The topological polar surface area (TPSA) is 103 Å². The largest absolute Gasteiger partial charge is 0.376 e. The molecule has 0 spiro atoms. The normalized spacial score (nSPS) is 10.9. The molecule has 0 aliphatic heterocycles. The quantitative estimate of drug-likeness (QED) is 0.426. The van der Waals surface area contributed by atoms with Crippen molar-refractivity contribution in [1.82, 2.24) is 10.6 Å². The molecule has 140 valence electrons.